The molecule has 0 radical (unpaired) electrons. The number of ether oxygens (including phenoxy) is 1. The Morgan fingerprint density at radius 1 is 0.946 bits per heavy atom. The highest BCUT2D eigenvalue weighted by molar-refractivity contribution is 5.75. The van der Waals surface area contributed by atoms with Crippen LogP contribution in [-0.2, 0) is 24.1 Å². The van der Waals surface area contributed by atoms with Gasteiger partial charge >= 0.3 is 5.97 Å². The Balaban J connectivity index is 1.22. The highest BCUT2D eigenvalue weighted by Gasteiger charge is 2.21. The highest BCUT2D eigenvalue weighted by Crippen LogP contribution is 2.24. The number of hydrogen-bond donors (Lipinski definition) is 1. The average Bonchev–Trinajstić information content (AvgIpc) is 3.48. The minimum Gasteiger partial charge on any atom is -0.478 e. The molecule has 0 amide bonds. The first-order valence-corrected chi connectivity index (χ1v) is 12.3. The van der Waals surface area contributed by atoms with Crippen LogP contribution >= 0.6 is 0 Å². The third-order valence-corrected chi connectivity index (χ3v) is 6.21. The van der Waals surface area contributed by atoms with E-state index in [4.69, 9.17) is 13.6 Å². The van der Waals surface area contributed by atoms with E-state index in [2.05, 4.69) is 9.97 Å². The summed E-state index contributed by atoms with van der Waals surface area (Å²) in [7, 11) is 0. The number of carboxylic acid groups (broad SMARTS) is 1. The summed E-state index contributed by atoms with van der Waals surface area (Å²) in [6, 6.07) is 22.8. The maximum Gasteiger partial charge on any atom is 0.345 e. The maximum absolute atomic E-state index is 11.8. The van der Waals surface area contributed by atoms with Crippen LogP contribution in [0.2, 0.25) is 0 Å². The molecule has 0 fully saturated rings. The molecule has 0 aliphatic rings. The van der Waals surface area contributed by atoms with Crippen LogP contribution in [0.1, 0.15) is 34.9 Å². The summed E-state index contributed by atoms with van der Waals surface area (Å²) in [5, 5.41) is 9.67. The Bertz CT molecular complexity index is 1500. The van der Waals surface area contributed by atoms with Crippen molar-refractivity contribution in [2.75, 3.05) is 0 Å². The SMILES string of the molecule is Cc1ccc(O[C@@H](Cc2ccc3oc(CCCc4nc(-c5ccccc5)oc4C)nc3c2)C(=O)O)cc1. The second-order valence-corrected chi connectivity index (χ2v) is 9.11. The van der Waals surface area contributed by atoms with Crippen molar-refractivity contribution in [2.45, 2.75) is 45.6 Å². The molecule has 188 valence electrons. The topological polar surface area (TPSA) is 98.6 Å². The van der Waals surface area contributed by atoms with Gasteiger partial charge in [-0.1, -0.05) is 42.0 Å². The van der Waals surface area contributed by atoms with E-state index in [1.807, 2.05) is 74.5 Å². The molecule has 7 heteroatoms. The summed E-state index contributed by atoms with van der Waals surface area (Å²) in [6.45, 7) is 3.90. The Morgan fingerprint density at radius 2 is 1.73 bits per heavy atom. The van der Waals surface area contributed by atoms with E-state index in [1.54, 1.807) is 12.1 Å². The van der Waals surface area contributed by atoms with Gasteiger partial charge in [0, 0.05) is 18.4 Å². The van der Waals surface area contributed by atoms with E-state index in [9.17, 15) is 9.90 Å². The van der Waals surface area contributed by atoms with Gasteiger partial charge in [0.15, 0.2) is 17.6 Å². The maximum atomic E-state index is 11.8. The molecule has 1 N–H and O–H groups in total. The van der Waals surface area contributed by atoms with Crippen molar-refractivity contribution in [3.05, 3.63) is 101 Å². The standard InChI is InChI=1S/C30H28N2O5/c1-19-11-14-23(15-12-19)36-27(30(33)34)18-21-13-16-26-25(17-21)31-28(37-26)10-6-9-24-20(2)35-29(32-24)22-7-4-3-5-8-22/h3-5,7-8,11-17,27H,6,9-10,18H2,1-2H3,(H,33,34)/t27-/m0/s1. The van der Waals surface area contributed by atoms with Crippen molar-refractivity contribution in [1.29, 1.82) is 0 Å². The number of fused-ring (bicyclic) bond motifs is 1. The van der Waals surface area contributed by atoms with Gasteiger partial charge in [0.25, 0.3) is 0 Å². The zero-order chi connectivity index (χ0) is 25.8. The van der Waals surface area contributed by atoms with E-state index >= 15 is 0 Å². The molecule has 7 nitrogen and oxygen atoms in total. The largest absolute Gasteiger partial charge is 0.478 e. The lowest BCUT2D eigenvalue weighted by atomic mass is 10.1. The van der Waals surface area contributed by atoms with Crippen LogP contribution in [0.25, 0.3) is 22.6 Å². The first kappa shape index (κ1) is 24.3. The van der Waals surface area contributed by atoms with E-state index in [-0.39, 0.29) is 6.42 Å². The summed E-state index contributed by atoms with van der Waals surface area (Å²) < 4.78 is 17.5. The summed E-state index contributed by atoms with van der Waals surface area (Å²) >= 11 is 0. The molecule has 2 heterocycles. The van der Waals surface area contributed by atoms with Gasteiger partial charge < -0.3 is 18.7 Å². The monoisotopic (exact) mass is 496 g/mol. The molecule has 0 aliphatic heterocycles. The third-order valence-electron chi connectivity index (χ3n) is 6.21. The number of nitrogens with zero attached hydrogens (tertiary/aromatic N) is 2. The number of aliphatic carboxylic acids is 1. The summed E-state index contributed by atoms with van der Waals surface area (Å²) in [5.41, 5.74) is 5.18. The molecule has 37 heavy (non-hydrogen) atoms. The van der Waals surface area contributed by atoms with Gasteiger partial charge in [-0.3, -0.25) is 0 Å². The second-order valence-electron chi connectivity index (χ2n) is 9.11. The van der Waals surface area contributed by atoms with Gasteiger partial charge in [0.1, 0.15) is 17.0 Å². The van der Waals surface area contributed by atoms with Crippen molar-refractivity contribution in [1.82, 2.24) is 9.97 Å². The van der Waals surface area contributed by atoms with Crippen LogP contribution in [0.4, 0.5) is 0 Å². The average molecular weight is 497 g/mol. The first-order chi connectivity index (χ1) is 17.9. The Labute approximate surface area is 214 Å². The fraction of sp³-hybridized carbons (Fsp3) is 0.233. The van der Waals surface area contributed by atoms with Crippen LogP contribution in [0.15, 0.2) is 81.6 Å². The van der Waals surface area contributed by atoms with Crippen molar-refractivity contribution in [3.63, 3.8) is 0 Å². The van der Waals surface area contributed by atoms with Crippen molar-refractivity contribution >= 4 is 17.1 Å². The van der Waals surface area contributed by atoms with Crippen molar-refractivity contribution < 1.29 is 23.5 Å². The number of aromatic nitrogens is 2. The fourth-order valence-electron chi connectivity index (χ4n) is 4.20. The number of hydrogen-bond acceptors (Lipinski definition) is 6. The smallest absolute Gasteiger partial charge is 0.345 e. The molecule has 0 spiro atoms. The highest BCUT2D eigenvalue weighted by atomic mass is 16.5. The Kier molecular flexibility index (Phi) is 7.03. The van der Waals surface area contributed by atoms with Gasteiger partial charge in [-0.15, -0.1) is 0 Å². The summed E-state index contributed by atoms with van der Waals surface area (Å²) in [5.74, 6) is 1.61. The van der Waals surface area contributed by atoms with Gasteiger partial charge in [-0.05, 0) is 68.7 Å². The lowest BCUT2D eigenvalue weighted by molar-refractivity contribution is -0.145. The molecule has 0 saturated heterocycles. The fourth-order valence-corrected chi connectivity index (χ4v) is 4.20. The Morgan fingerprint density at radius 3 is 2.49 bits per heavy atom. The van der Waals surface area contributed by atoms with E-state index in [0.717, 1.165) is 41.0 Å². The molecular formula is C30H28N2O5. The van der Waals surface area contributed by atoms with Crippen LogP contribution in [0, 0.1) is 13.8 Å². The van der Waals surface area contributed by atoms with E-state index in [1.165, 1.54) is 0 Å². The van der Waals surface area contributed by atoms with Gasteiger partial charge in [0.2, 0.25) is 5.89 Å². The van der Waals surface area contributed by atoms with Gasteiger partial charge in [0.05, 0.1) is 5.69 Å². The molecular weight excluding hydrogens is 468 g/mol. The van der Waals surface area contributed by atoms with Crippen molar-refractivity contribution in [3.8, 4) is 17.2 Å². The lowest BCUT2D eigenvalue weighted by Gasteiger charge is -2.15. The molecule has 0 unspecified atom stereocenters. The molecule has 0 saturated carbocycles. The number of carbonyl (C=O) groups is 1. The number of aryl methyl sites for hydroxylation is 4. The van der Waals surface area contributed by atoms with E-state index < -0.39 is 12.1 Å². The zero-order valence-corrected chi connectivity index (χ0v) is 20.8. The molecule has 0 bridgehead atoms. The van der Waals surface area contributed by atoms with Crippen LogP contribution in [0.5, 0.6) is 5.75 Å². The molecule has 0 aliphatic carbocycles. The Hall–Kier alpha value is -4.39. The minimum absolute atomic E-state index is 0.219. The minimum atomic E-state index is -1.01. The van der Waals surface area contributed by atoms with Gasteiger partial charge in [-0.25, -0.2) is 14.8 Å². The van der Waals surface area contributed by atoms with Gasteiger partial charge in [-0.2, -0.15) is 0 Å². The second kappa shape index (κ2) is 10.7. The number of oxazole rings is 2. The molecule has 3 aromatic carbocycles. The number of benzene rings is 3. The van der Waals surface area contributed by atoms with Crippen LogP contribution in [-0.4, -0.2) is 27.1 Å². The van der Waals surface area contributed by atoms with Crippen molar-refractivity contribution in [2.24, 2.45) is 0 Å². The molecule has 5 aromatic rings. The lowest BCUT2D eigenvalue weighted by Crippen LogP contribution is -2.29. The quantitative estimate of drug-likeness (QED) is 0.240. The zero-order valence-electron chi connectivity index (χ0n) is 20.8. The first-order valence-electron chi connectivity index (χ1n) is 12.3. The molecule has 2 aromatic heterocycles. The summed E-state index contributed by atoms with van der Waals surface area (Å²) in [4.78, 5) is 21.1. The number of rotatable bonds is 10. The predicted octanol–water partition coefficient (Wildman–Crippen LogP) is 6.35. The molecule has 5 rings (SSSR count). The van der Waals surface area contributed by atoms with E-state index in [0.29, 0.717) is 35.1 Å². The number of carboxylic acids is 1. The third kappa shape index (κ3) is 5.89. The molecule has 1 atom stereocenters. The predicted molar refractivity (Wildman–Crippen MR) is 140 cm³/mol. The van der Waals surface area contributed by atoms with Crippen LogP contribution < -0.4 is 4.74 Å². The normalized spacial score (nSPS) is 12.1. The summed E-state index contributed by atoms with van der Waals surface area (Å²) in [6.07, 6.45) is 1.44. The van der Waals surface area contributed by atoms with Crippen LogP contribution in [0.3, 0.4) is 0 Å².